The van der Waals surface area contributed by atoms with Gasteiger partial charge in [-0.1, -0.05) is 18.2 Å². The molecular formula is C17H23N3O4. The van der Waals surface area contributed by atoms with E-state index in [4.69, 9.17) is 14.9 Å². The van der Waals surface area contributed by atoms with Crippen molar-refractivity contribution in [3.05, 3.63) is 36.2 Å². The second kappa shape index (κ2) is 7.55. The molecule has 0 aliphatic rings. The second-order valence-electron chi connectivity index (χ2n) is 6.47. The number of carbonyl (C=O) groups excluding carboxylic acids is 1. The third-order valence-electron chi connectivity index (χ3n) is 3.28. The Bertz CT molecular complexity index is 664. The van der Waals surface area contributed by atoms with Crippen molar-refractivity contribution in [1.29, 1.82) is 0 Å². The van der Waals surface area contributed by atoms with Gasteiger partial charge in [-0.15, -0.1) is 10.2 Å². The molecule has 0 saturated heterocycles. The van der Waals surface area contributed by atoms with Gasteiger partial charge < -0.3 is 20.0 Å². The van der Waals surface area contributed by atoms with Crippen LogP contribution in [0.4, 0.5) is 0 Å². The minimum absolute atomic E-state index is 0.0295. The van der Waals surface area contributed by atoms with Crippen LogP contribution < -0.4 is 5.73 Å². The minimum atomic E-state index is -1.27. The van der Waals surface area contributed by atoms with Crippen molar-refractivity contribution in [3.63, 3.8) is 0 Å². The van der Waals surface area contributed by atoms with Gasteiger partial charge >= 0.3 is 5.97 Å². The van der Waals surface area contributed by atoms with Crippen LogP contribution in [0.3, 0.4) is 0 Å². The van der Waals surface area contributed by atoms with Crippen molar-refractivity contribution < 1.29 is 19.1 Å². The topological polar surface area (TPSA) is 111 Å². The molecule has 3 N–H and O–H groups in total. The first-order valence-corrected chi connectivity index (χ1v) is 7.81. The lowest BCUT2D eigenvalue weighted by Crippen LogP contribution is -2.33. The summed E-state index contributed by atoms with van der Waals surface area (Å²) in [6.45, 7) is 5.51. The summed E-state index contributed by atoms with van der Waals surface area (Å²) in [7, 11) is 0. The second-order valence-corrected chi connectivity index (χ2v) is 6.47. The molecule has 0 spiro atoms. The van der Waals surface area contributed by atoms with Crippen LogP contribution in [0.15, 0.2) is 34.7 Å². The Morgan fingerprint density at radius 2 is 1.96 bits per heavy atom. The monoisotopic (exact) mass is 333 g/mol. The normalized spacial score (nSPS) is 14.2. The predicted octanol–water partition coefficient (Wildman–Crippen LogP) is 2.08. The molecule has 1 heterocycles. The van der Waals surface area contributed by atoms with Gasteiger partial charge in [0.1, 0.15) is 11.7 Å². The molecule has 0 fully saturated rings. The first-order chi connectivity index (χ1) is 11.3. The molecular weight excluding hydrogens is 310 g/mol. The van der Waals surface area contributed by atoms with E-state index in [2.05, 4.69) is 10.2 Å². The van der Waals surface area contributed by atoms with Gasteiger partial charge in [0.2, 0.25) is 11.8 Å². The number of benzene rings is 1. The van der Waals surface area contributed by atoms with Crippen molar-refractivity contribution in [1.82, 2.24) is 10.2 Å². The molecule has 0 radical (unpaired) electrons. The van der Waals surface area contributed by atoms with Crippen molar-refractivity contribution in [2.24, 2.45) is 11.7 Å². The Hall–Kier alpha value is -2.25. The molecule has 130 valence electrons. The number of aliphatic hydroxyl groups is 1. The fraction of sp³-hybridized carbons (Fsp3) is 0.471. The van der Waals surface area contributed by atoms with E-state index >= 15 is 0 Å². The van der Waals surface area contributed by atoms with Crippen LogP contribution in [0.2, 0.25) is 0 Å². The van der Waals surface area contributed by atoms with E-state index in [-0.39, 0.29) is 24.7 Å². The van der Waals surface area contributed by atoms with Gasteiger partial charge in [0.25, 0.3) is 0 Å². The molecule has 2 atom stereocenters. The number of nitrogens with two attached hydrogens (primary N) is 1. The van der Waals surface area contributed by atoms with Crippen LogP contribution in [-0.4, -0.2) is 33.4 Å². The molecule has 7 heteroatoms. The van der Waals surface area contributed by atoms with Gasteiger partial charge in [-0.2, -0.15) is 0 Å². The first kappa shape index (κ1) is 18.1. The Labute approximate surface area is 140 Å². The SMILES string of the molecule is CC(C)(C)OC(=O)[C@@H](CCN)C(O)c1nnc(-c2ccccc2)o1. The van der Waals surface area contributed by atoms with E-state index in [1.54, 1.807) is 20.8 Å². The molecule has 1 aromatic carbocycles. The lowest BCUT2D eigenvalue weighted by atomic mass is 9.98. The van der Waals surface area contributed by atoms with Crippen LogP contribution in [0, 0.1) is 5.92 Å². The summed E-state index contributed by atoms with van der Waals surface area (Å²) < 4.78 is 10.9. The summed E-state index contributed by atoms with van der Waals surface area (Å²) in [6, 6.07) is 9.18. The lowest BCUT2D eigenvalue weighted by molar-refractivity contribution is -0.165. The molecule has 2 aromatic rings. The van der Waals surface area contributed by atoms with Crippen LogP contribution in [-0.2, 0) is 9.53 Å². The Balaban J connectivity index is 2.19. The lowest BCUT2D eigenvalue weighted by Gasteiger charge is -2.25. The minimum Gasteiger partial charge on any atom is -0.460 e. The van der Waals surface area contributed by atoms with Gasteiger partial charge in [0.15, 0.2) is 0 Å². The molecule has 0 saturated carbocycles. The van der Waals surface area contributed by atoms with Gasteiger partial charge in [-0.3, -0.25) is 4.79 Å². The van der Waals surface area contributed by atoms with E-state index in [1.807, 2.05) is 30.3 Å². The highest BCUT2D eigenvalue weighted by molar-refractivity contribution is 5.73. The van der Waals surface area contributed by atoms with Gasteiger partial charge in [0.05, 0.1) is 5.92 Å². The molecule has 0 bridgehead atoms. The molecule has 1 aromatic heterocycles. The number of nitrogens with zero attached hydrogens (tertiary/aromatic N) is 2. The van der Waals surface area contributed by atoms with E-state index in [0.717, 1.165) is 5.56 Å². The average Bonchev–Trinajstić information content (AvgIpc) is 3.01. The maximum absolute atomic E-state index is 12.3. The number of rotatable bonds is 6. The number of aromatic nitrogens is 2. The quantitative estimate of drug-likeness (QED) is 0.778. The van der Waals surface area contributed by atoms with Crippen LogP contribution in [0.25, 0.3) is 11.5 Å². The summed E-state index contributed by atoms with van der Waals surface area (Å²) in [5.74, 6) is -1.16. The fourth-order valence-corrected chi connectivity index (χ4v) is 2.19. The summed E-state index contributed by atoms with van der Waals surface area (Å²) >= 11 is 0. The van der Waals surface area contributed by atoms with Gasteiger partial charge in [-0.25, -0.2) is 0 Å². The molecule has 2 rings (SSSR count). The van der Waals surface area contributed by atoms with Crippen molar-refractivity contribution in [2.45, 2.75) is 38.9 Å². The van der Waals surface area contributed by atoms with Crippen LogP contribution >= 0.6 is 0 Å². The molecule has 0 amide bonds. The number of hydrogen-bond acceptors (Lipinski definition) is 7. The van der Waals surface area contributed by atoms with Crippen LogP contribution in [0.5, 0.6) is 0 Å². The van der Waals surface area contributed by atoms with Crippen molar-refractivity contribution in [3.8, 4) is 11.5 Å². The summed E-state index contributed by atoms with van der Waals surface area (Å²) in [4.78, 5) is 12.3. The number of carbonyl (C=O) groups is 1. The molecule has 7 nitrogen and oxygen atoms in total. The fourth-order valence-electron chi connectivity index (χ4n) is 2.19. The van der Waals surface area contributed by atoms with Crippen molar-refractivity contribution >= 4 is 5.97 Å². The number of hydrogen-bond donors (Lipinski definition) is 2. The molecule has 1 unspecified atom stereocenters. The van der Waals surface area contributed by atoms with E-state index in [0.29, 0.717) is 0 Å². The third-order valence-corrected chi connectivity index (χ3v) is 3.28. The van der Waals surface area contributed by atoms with E-state index in [1.165, 1.54) is 0 Å². The largest absolute Gasteiger partial charge is 0.460 e. The zero-order valence-corrected chi connectivity index (χ0v) is 14.1. The number of aliphatic hydroxyl groups excluding tert-OH is 1. The summed E-state index contributed by atoms with van der Waals surface area (Å²) in [5, 5.41) is 18.3. The zero-order chi connectivity index (χ0) is 17.7. The third kappa shape index (κ3) is 4.62. The van der Waals surface area contributed by atoms with E-state index < -0.39 is 23.6 Å². The molecule has 0 aliphatic carbocycles. The summed E-state index contributed by atoms with van der Waals surface area (Å²) in [5.41, 5.74) is 5.63. The summed E-state index contributed by atoms with van der Waals surface area (Å²) in [6.07, 6.45) is -1.02. The number of esters is 1. The highest BCUT2D eigenvalue weighted by Gasteiger charge is 2.34. The maximum atomic E-state index is 12.3. The average molecular weight is 333 g/mol. The van der Waals surface area contributed by atoms with Crippen molar-refractivity contribution in [2.75, 3.05) is 6.54 Å². The van der Waals surface area contributed by atoms with Crippen LogP contribution in [0.1, 0.15) is 39.2 Å². The predicted molar refractivity (Wildman–Crippen MR) is 87.7 cm³/mol. The molecule has 0 aliphatic heterocycles. The standard InChI is InChI=1S/C17H23N3O4/c1-17(2,3)24-16(22)12(9-10-18)13(21)15-20-19-14(23-15)11-7-5-4-6-8-11/h4-8,12-13,21H,9-10,18H2,1-3H3/t12-,13?/m0/s1. The number of ether oxygens (including phenoxy) is 1. The maximum Gasteiger partial charge on any atom is 0.312 e. The van der Waals surface area contributed by atoms with Gasteiger partial charge in [0, 0.05) is 5.56 Å². The highest BCUT2D eigenvalue weighted by Crippen LogP contribution is 2.28. The molecule has 24 heavy (non-hydrogen) atoms. The zero-order valence-electron chi connectivity index (χ0n) is 14.1. The Kier molecular flexibility index (Phi) is 5.69. The Morgan fingerprint density at radius 3 is 2.54 bits per heavy atom. The highest BCUT2D eigenvalue weighted by atomic mass is 16.6. The first-order valence-electron chi connectivity index (χ1n) is 7.81. The van der Waals surface area contributed by atoms with Gasteiger partial charge in [-0.05, 0) is 45.9 Å². The smallest absolute Gasteiger partial charge is 0.312 e. The van der Waals surface area contributed by atoms with E-state index in [9.17, 15) is 9.90 Å². The Morgan fingerprint density at radius 1 is 1.29 bits per heavy atom.